The van der Waals surface area contributed by atoms with Gasteiger partial charge in [-0.25, -0.2) is 0 Å². The quantitative estimate of drug-likeness (QED) is 0.704. The fourth-order valence-corrected chi connectivity index (χ4v) is 6.06. The lowest BCUT2D eigenvalue weighted by molar-refractivity contribution is -0.167. The minimum atomic E-state index is -0.997. The molecular weight excluding hydrogens is 386 g/mol. The third-order valence-corrected chi connectivity index (χ3v) is 7.77. The largest absolute Gasteiger partial charge is 0.449 e. The van der Waals surface area contributed by atoms with Gasteiger partial charge in [0.15, 0.2) is 5.60 Å². The molecule has 4 heterocycles. The third-order valence-electron chi connectivity index (χ3n) is 6.52. The number of cyclic esters (lactones) is 1. The van der Waals surface area contributed by atoms with Crippen molar-refractivity contribution in [2.75, 3.05) is 19.7 Å². The van der Waals surface area contributed by atoms with Crippen LogP contribution in [0.25, 0.3) is 10.4 Å². The molecule has 1 aromatic heterocycles. The number of nitrogens with zero attached hydrogens (tertiary/aromatic N) is 1. The van der Waals surface area contributed by atoms with Crippen LogP contribution in [-0.2, 0) is 31.1 Å². The Hall–Kier alpha value is -2.18. The molecule has 2 saturated heterocycles. The molecule has 1 aromatic carbocycles. The molecule has 1 spiro atoms. The van der Waals surface area contributed by atoms with Crippen molar-refractivity contribution in [3.05, 3.63) is 46.8 Å². The molecule has 3 aliphatic heterocycles. The summed E-state index contributed by atoms with van der Waals surface area (Å²) in [5, 5.41) is 0. The molecule has 0 radical (unpaired) electrons. The van der Waals surface area contributed by atoms with Gasteiger partial charge in [0.05, 0.1) is 12.2 Å². The number of carbonyl (C=O) groups excluding carboxylic acids is 2. The maximum atomic E-state index is 13.0. The number of benzene rings is 1. The Morgan fingerprint density at radius 1 is 1.10 bits per heavy atom. The number of fused-ring (bicyclic) bond motifs is 2. The first-order valence-electron chi connectivity index (χ1n) is 10.3. The lowest BCUT2D eigenvalue weighted by Crippen LogP contribution is -2.53. The van der Waals surface area contributed by atoms with E-state index in [4.69, 9.17) is 9.47 Å². The van der Waals surface area contributed by atoms with E-state index in [0.29, 0.717) is 25.9 Å². The van der Waals surface area contributed by atoms with Crippen LogP contribution in [0.1, 0.15) is 43.0 Å². The fourth-order valence-electron chi connectivity index (χ4n) is 4.83. The summed E-state index contributed by atoms with van der Waals surface area (Å²) in [5.74, 6) is -0.342. The van der Waals surface area contributed by atoms with Gasteiger partial charge in [-0.2, -0.15) is 0 Å². The Kier molecular flexibility index (Phi) is 4.51. The van der Waals surface area contributed by atoms with E-state index >= 15 is 0 Å². The number of amides is 1. The van der Waals surface area contributed by atoms with Crippen LogP contribution in [0.3, 0.4) is 0 Å². The van der Waals surface area contributed by atoms with Crippen molar-refractivity contribution in [3.63, 3.8) is 0 Å². The summed E-state index contributed by atoms with van der Waals surface area (Å²) in [6.07, 6.45) is 3.30. The lowest BCUT2D eigenvalue weighted by Gasteiger charge is -2.45. The zero-order chi connectivity index (χ0) is 20.1. The molecule has 1 atom stereocenters. The molecule has 2 fully saturated rings. The summed E-state index contributed by atoms with van der Waals surface area (Å²) >= 11 is 1.87. The minimum Gasteiger partial charge on any atom is -0.449 e. The second kappa shape index (κ2) is 6.96. The van der Waals surface area contributed by atoms with Crippen LogP contribution in [0.2, 0.25) is 0 Å². The maximum Gasteiger partial charge on any atom is 0.307 e. The number of thiophene rings is 1. The normalized spacial score (nSPS) is 25.7. The van der Waals surface area contributed by atoms with Crippen LogP contribution in [0.5, 0.6) is 0 Å². The first-order chi connectivity index (χ1) is 14.0. The number of carbonyl (C=O) groups is 2. The second-order valence-electron chi connectivity index (χ2n) is 8.40. The van der Waals surface area contributed by atoms with Gasteiger partial charge in [0.25, 0.3) is 5.91 Å². The van der Waals surface area contributed by atoms with Gasteiger partial charge < -0.3 is 14.4 Å². The summed E-state index contributed by atoms with van der Waals surface area (Å²) in [6, 6.07) is 12.8. The average molecular weight is 412 g/mol. The van der Waals surface area contributed by atoms with Crippen LogP contribution in [0.15, 0.2) is 36.4 Å². The predicted molar refractivity (Wildman–Crippen MR) is 111 cm³/mol. The molecule has 152 valence electrons. The molecule has 2 aromatic rings. The van der Waals surface area contributed by atoms with Crippen molar-refractivity contribution >= 4 is 23.2 Å². The van der Waals surface area contributed by atoms with Gasteiger partial charge in [-0.15, -0.1) is 11.3 Å². The van der Waals surface area contributed by atoms with Gasteiger partial charge in [-0.3, -0.25) is 9.59 Å². The van der Waals surface area contributed by atoms with Crippen LogP contribution in [0.4, 0.5) is 0 Å². The van der Waals surface area contributed by atoms with E-state index in [1.165, 1.54) is 20.9 Å². The lowest BCUT2D eigenvalue weighted by atomic mass is 9.81. The average Bonchev–Trinajstić information content (AvgIpc) is 3.34. The van der Waals surface area contributed by atoms with Crippen LogP contribution >= 0.6 is 11.3 Å². The highest BCUT2D eigenvalue weighted by Gasteiger charge is 2.48. The number of hydrogen-bond acceptors (Lipinski definition) is 5. The van der Waals surface area contributed by atoms with Crippen molar-refractivity contribution in [1.82, 2.24) is 4.90 Å². The van der Waals surface area contributed by atoms with Crippen LogP contribution in [-0.4, -0.2) is 42.1 Å². The minimum absolute atomic E-state index is 0.0653. The Morgan fingerprint density at radius 3 is 2.55 bits per heavy atom. The number of hydrogen-bond donors (Lipinski definition) is 0. The zero-order valence-corrected chi connectivity index (χ0v) is 17.4. The smallest absolute Gasteiger partial charge is 0.307 e. The molecule has 5 nitrogen and oxygen atoms in total. The van der Waals surface area contributed by atoms with E-state index in [1.54, 1.807) is 6.92 Å². The SMILES string of the molecule is CC1(C(=O)N2CCC3(CC2)OCCc2sc(-c4ccccc4)cc23)CCC(=O)O1. The molecule has 0 aliphatic carbocycles. The summed E-state index contributed by atoms with van der Waals surface area (Å²) < 4.78 is 11.7. The highest BCUT2D eigenvalue weighted by molar-refractivity contribution is 7.15. The third kappa shape index (κ3) is 3.19. The topological polar surface area (TPSA) is 55.8 Å². The predicted octanol–water partition coefficient (Wildman–Crippen LogP) is 3.90. The standard InChI is InChI=1S/C23H25NO4S/c1-22(9-7-20(25)28-22)21(26)24-12-10-23(11-13-24)17-15-19(16-5-3-2-4-6-16)29-18(17)8-14-27-23/h2-6,15H,7-14H2,1H3. The highest BCUT2D eigenvalue weighted by atomic mass is 32.1. The van der Waals surface area contributed by atoms with Gasteiger partial charge in [0.2, 0.25) is 0 Å². The Labute approximate surface area is 174 Å². The van der Waals surface area contributed by atoms with E-state index in [2.05, 4.69) is 30.3 Å². The highest BCUT2D eigenvalue weighted by Crippen LogP contribution is 2.47. The molecule has 0 N–H and O–H groups in total. The summed E-state index contributed by atoms with van der Waals surface area (Å²) in [6.45, 7) is 3.72. The summed E-state index contributed by atoms with van der Waals surface area (Å²) in [4.78, 5) is 29.1. The van der Waals surface area contributed by atoms with Crippen molar-refractivity contribution in [2.24, 2.45) is 0 Å². The van der Waals surface area contributed by atoms with Gasteiger partial charge in [-0.1, -0.05) is 30.3 Å². The fraction of sp³-hybridized carbons (Fsp3) is 0.478. The van der Waals surface area contributed by atoms with Gasteiger partial charge in [0, 0.05) is 42.1 Å². The van der Waals surface area contributed by atoms with Crippen molar-refractivity contribution in [2.45, 2.75) is 50.2 Å². The number of esters is 1. The first-order valence-corrected chi connectivity index (χ1v) is 11.1. The Morgan fingerprint density at radius 2 is 1.86 bits per heavy atom. The molecule has 6 heteroatoms. The molecule has 1 amide bonds. The molecule has 0 bridgehead atoms. The molecule has 1 unspecified atom stereocenters. The number of likely N-dealkylation sites (tertiary alicyclic amines) is 1. The van der Waals surface area contributed by atoms with E-state index in [0.717, 1.165) is 25.9 Å². The van der Waals surface area contributed by atoms with Gasteiger partial charge in [-0.05, 0) is 37.0 Å². The number of rotatable bonds is 2. The van der Waals surface area contributed by atoms with E-state index in [9.17, 15) is 9.59 Å². The second-order valence-corrected chi connectivity index (χ2v) is 9.54. The zero-order valence-electron chi connectivity index (χ0n) is 16.6. The van der Waals surface area contributed by atoms with Crippen molar-refractivity contribution in [3.8, 4) is 10.4 Å². The monoisotopic (exact) mass is 411 g/mol. The van der Waals surface area contributed by atoms with Gasteiger partial charge >= 0.3 is 5.97 Å². The molecule has 0 saturated carbocycles. The van der Waals surface area contributed by atoms with Crippen molar-refractivity contribution in [1.29, 1.82) is 0 Å². The number of ether oxygens (including phenoxy) is 2. The molecule has 29 heavy (non-hydrogen) atoms. The van der Waals surface area contributed by atoms with E-state index in [1.807, 2.05) is 22.3 Å². The summed E-state index contributed by atoms with van der Waals surface area (Å²) in [7, 11) is 0. The number of piperidine rings is 1. The van der Waals surface area contributed by atoms with Crippen molar-refractivity contribution < 1.29 is 19.1 Å². The maximum absolute atomic E-state index is 13.0. The van der Waals surface area contributed by atoms with Gasteiger partial charge in [0.1, 0.15) is 0 Å². The summed E-state index contributed by atoms with van der Waals surface area (Å²) in [5.41, 5.74) is 1.24. The Bertz CT molecular complexity index is 945. The van der Waals surface area contributed by atoms with E-state index < -0.39 is 5.60 Å². The first kappa shape index (κ1) is 18.8. The molecule has 3 aliphatic rings. The van der Waals surface area contributed by atoms with Crippen LogP contribution in [0, 0.1) is 0 Å². The molecular formula is C23H25NO4S. The Balaban J connectivity index is 1.36. The molecule has 5 rings (SSSR count). The van der Waals surface area contributed by atoms with Crippen LogP contribution < -0.4 is 0 Å². The van der Waals surface area contributed by atoms with E-state index in [-0.39, 0.29) is 17.5 Å².